The van der Waals surface area contributed by atoms with E-state index in [0.29, 0.717) is 29.6 Å². The molecule has 6 heteroatoms. The molecule has 1 rings (SSSR count). The van der Waals surface area contributed by atoms with Crippen LogP contribution in [0.3, 0.4) is 0 Å². The van der Waals surface area contributed by atoms with E-state index in [2.05, 4.69) is 159 Å². The fourth-order valence-electron chi connectivity index (χ4n) is 3.90. The summed E-state index contributed by atoms with van der Waals surface area (Å²) in [5.41, 5.74) is 0.863. The number of hydrogen-bond acceptors (Lipinski definition) is 0. The van der Waals surface area contributed by atoms with E-state index in [1.54, 1.807) is 27.7 Å². The van der Waals surface area contributed by atoms with E-state index < -0.39 is 43.3 Å². The summed E-state index contributed by atoms with van der Waals surface area (Å²) in [6.07, 6.45) is 12.6. The predicted octanol–water partition coefficient (Wildman–Crippen LogP) is 32.3. The summed E-state index contributed by atoms with van der Waals surface area (Å²) in [5, 5.41) is 0. The van der Waals surface area contributed by atoms with Gasteiger partial charge in [0.25, 0.3) is 0 Å². The van der Waals surface area contributed by atoms with Crippen molar-refractivity contribution in [3.05, 3.63) is 0 Å². The van der Waals surface area contributed by atoms with Crippen molar-refractivity contribution in [3.8, 4) is 0 Å². The van der Waals surface area contributed by atoms with E-state index in [9.17, 15) is 26.3 Å². The second-order valence-electron chi connectivity index (χ2n) is 26.4. The zero-order valence-electron chi connectivity index (χ0n) is 71.1. The van der Waals surface area contributed by atoms with Crippen LogP contribution in [-0.4, -0.2) is 12.4 Å². The molecule has 0 aromatic heterocycles. The van der Waals surface area contributed by atoms with Crippen molar-refractivity contribution in [2.75, 3.05) is 0 Å². The molecule has 0 aromatic rings. The smallest absolute Gasteiger partial charge is 0.171 e. The van der Waals surface area contributed by atoms with Gasteiger partial charge in [-0.2, -0.15) is 26.3 Å². The van der Waals surface area contributed by atoms with Gasteiger partial charge in [-0.3, -0.25) is 0 Å². The highest BCUT2D eigenvalue weighted by atomic mass is 19.4. The Morgan fingerprint density at radius 2 is 0.704 bits per heavy atom. The summed E-state index contributed by atoms with van der Waals surface area (Å²) in [4.78, 5) is 0. The van der Waals surface area contributed by atoms with Crippen LogP contribution in [0.5, 0.6) is 0 Å². The molecule has 0 nitrogen and oxygen atoms in total. The highest BCUT2D eigenvalue weighted by molar-refractivity contribution is 4.63. The Bertz CT molecular complexity index is 1150. The van der Waals surface area contributed by atoms with Crippen molar-refractivity contribution < 1.29 is 35.9 Å². The Kier molecular flexibility index (Phi) is 103. The van der Waals surface area contributed by atoms with Crippen LogP contribution in [0.1, 0.15) is 434 Å². The first-order chi connectivity index (χ1) is 39.0. The lowest BCUT2D eigenvalue weighted by molar-refractivity contribution is -0.171. The molecule has 2 unspecified atom stereocenters. The van der Waals surface area contributed by atoms with Crippen molar-refractivity contribution in [1.29, 1.82) is 0 Å². The van der Waals surface area contributed by atoms with Crippen LogP contribution < -0.4 is 0 Å². The second kappa shape index (κ2) is 88.3. The van der Waals surface area contributed by atoms with E-state index in [1.807, 2.05) is 62.3 Å². The molecule has 1 fully saturated rings. The normalized spacial score (nSPS) is 14.2. The summed E-state index contributed by atoms with van der Waals surface area (Å²) < 4.78 is 119. The minimum absolute atomic E-state index is 0.170. The minimum Gasteiger partial charge on any atom is -0.171 e. The predicted molar refractivity (Wildman–Crippen MR) is 376 cm³/mol. The van der Waals surface area contributed by atoms with Gasteiger partial charge in [-0.15, -0.1) is 0 Å². The van der Waals surface area contributed by atoms with Gasteiger partial charge in [0.2, 0.25) is 0 Å². The molecule has 0 N–H and O–H groups in total. The third-order valence-corrected chi connectivity index (χ3v) is 10.5. The maximum Gasteiger partial charge on any atom is 0.391 e. The monoisotopic (exact) mass is 1190 g/mol. The zero-order chi connectivity index (χ0) is 74.8. The summed E-state index contributed by atoms with van der Waals surface area (Å²) in [6, 6.07) is 0. The first-order valence-electron chi connectivity index (χ1n) is 37.1. The van der Waals surface area contributed by atoms with Gasteiger partial charge in [0.05, 0.1) is 11.8 Å². The SMILES string of the molecule is CC.CC(C)C.CCC.CCC(C)(C)C.CCC(C)C.CCC(C)C(F)(F)F.CCCC.CCCC(C)(C)C.CCCC(C)C.CCCC(C)C(F)(F)F.CCCCC.[2H]C(C)(C)C.[2H]C([2H])(C)C(C)(C)C.[2H]C([2H])(C)C1CCCCC1.[2H]C([2H])(C)CC. The van der Waals surface area contributed by atoms with E-state index in [1.165, 1.54) is 117 Å². The molecule has 1 aliphatic rings. The lowest BCUT2D eigenvalue weighted by atomic mass is 9.88. The topological polar surface area (TPSA) is 0 Å². The Morgan fingerprint density at radius 1 is 0.420 bits per heavy atom. The maximum absolute atomic E-state index is 11.6. The molecule has 0 aliphatic heterocycles. The summed E-state index contributed by atoms with van der Waals surface area (Å²) in [5.74, 6) is 0.413. The minimum atomic E-state index is -3.99. The molecule has 1 saturated carbocycles. The second-order valence-corrected chi connectivity index (χ2v) is 26.4. The van der Waals surface area contributed by atoms with Crippen LogP contribution >= 0.6 is 0 Å². The van der Waals surface area contributed by atoms with Crippen molar-refractivity contribution in [2.24, 2.45) is 57.6 Å². The van der Waals surface area contributed by atoms with Crippen molar-refractivity contribution in [3.63, 3.8) is 0 Å². The summed E-state index contributed by atoms with van der Waals surface area (Å²) in [6.45, 7) is 78.5. The molecular weight excluding hydrogens is 1010 g/mol. The summed E-state index contributed by atoms with van der Waals surface area (Å²) >= 11 is 0. The highest BCUT2D eigenvalue weighted by Crippen LogP contribution is 2.29. The average molecular weight is 1200 g/mol. The maximum atomic E-state index is 11.6. The Hall–Kier alpha value is -0.420. The van der Waals surface area contributed by atoms with E-state index in [4.69, 9.17) is 9.60 Å². The molecule has 0 bridgehead atoms. The van der Waals surface area contributed by atoms with Crippen molar-refractivity contribution in [1.82, 2.24) is 0 Å². The lowest BCUT2D eigenvalue weighted by Crippen LogP contribution is -2.19. The molecule has 0 radical (unpaired) electrons. The van der Waals surface area contributed by atoms with Crippen LogP contribution in [0, 0.1) is 57.6 Å². The van der Waals surface area contributed by atoms with Crippen LogP contribution in [0.2, 0.25) is 0 Å². The van der Waals surface area contributed by atoms with Crippen molar-refractivity contribution in [2.45, 2.75) is 436 Å². The molecular formula is C75H172F6. The van der Waals surface area contributed by atoms with Gasteiger partial charge in [0.15, 0.2) is 0 Å². The van der Waals surface area contributed by atoms with Crippen LogP contribution in [0.25, 0.3) is 0 Å². The number of halogens is 6. The number of rotatable bonds is 12. The molecule has 0 saturated heterocycles. The van der Waals surface area contributed by atoms with Gasteiger partial charge in [0, 0.05) is 9.60 Å². The quantitative estimate of drug-likeness (QED) is 0.171. The van der Waals surface area contributed by atoms with Gasteiger partial charge in [-0.25, -0.2) is 0 Å². The Labute approximate surface area is 528 Å². The molecule has 0 heterocycles. The average Bonchev–Trinajstić information content (AvgIpc) is 3.34. The number of unbranched alkanes of at least 4 members (excludes halogenated alkanes) is 3. The van der Waals surface area contributed by atoms with Crippen LogP contribution in [-0.2, 0) is 0 Å². The molecule has 0 aromatic carbocycles. The lowest BCUT2D eigenvalue weighted by Gasteiger charge is -2.18. The van der Waals surface area contributed by atoms with E-state index >= 15 is 0 Å². The fourth-order valence-corrected chi connectivity index (χ4v) is 3.90. The fraction of sp³-hybridized carbons (Fsp3) is 1.00. The van der Waals surface area contributed by atoms with E-state index in [-0.39, 0.29) is 24.2 Å². The van der Waals surface area contributed by atoms with Gasteiger partial charge in [0.1, 0.15) is 0 Å². The van der Waals surface area contributed by atoms with Gasteiger partial charge < -0.3 is 0 Å². The molecule has 81 heavy (non-hydrogen) atoms. The highest BCUT2D eigenvalue weighted by Gasteiger charge is 2.35. The summed E-state index contributed by atoms with van der Waals surface area (Å²) in [7, 11) is 0. The third kappa shape index (κ3) is 231. The molecule has 2 atom stereocenters. The first-order valence-corrected chi connectivity index (χ1v) is 33.6. The zero-order valence-corrected chi connectivity index (χ0v) is 64.1. The number of hydrogen-bond donors (Lipinski definition) is 0. The van der Waals surface area contributed by atoms with Gasteiger partial charge in [-0.05, 0) is 65.1 Å². The molecule has 514 valence electrons. The molecule has 1 aliphatic carbocycles. The third-order valence-electron chi connectivity index (χ3n) is 10.5. The van der Waals surface area contributed by atoms with Gasteiger partial charge in [-0.1, -0.05) is 405 Å². The Balaban J connectivity index is -0.0000000563. The largest absolute Gasteiger partial charge is 0.391 e. The molecule has 0 spiro atoms. The first kappa shape index (κ1) is 94.3. The van der Waals surface area contributed by atoms with Crippen molar-refractivity contribution >= 4 is 0 Å². The number of alkyl halides is 6. The van der Waals surface area contributed by atoms with Crippen LogP contribution in [0.4, 0.5) is 26.3 Å². The van der Waals surface area contributed by atoms with E-state index in [0.717, 1.165) is 30.6 Å². The van der Waals surface area contributed by atoms with Crippen LogP contribution in [0.15, 0.2) is 0 Å². The standard InChI is InChI=1S/C8H16.C7H16.C6H11F3.3C6H14.C5H9F3.2C5H12.4C4H10.C3H8.C2H6/c1-2-8-6-4-3-5-7-8;1-5-6-7(2,3)4;1-3-4-5(2)6(7,8)9;2*1-5-6(2,3)4;1-4-5-6(2)3;1-3-4(2)5(6,7)8;1-4-5(2)3;1-3-5-4-2;2*1-4(2)3;2*1-3-4-2;1-3-2;1-2/h8H,2-7H2,1H3;5-6H2,1-4H3;5H,3-4H2,1-2H3;2*5H2,1-4H3;6H,4-5H2,1-3H3;4H,3H2,1-2H3;5H,4H2,1-3H3;3-5H2,1-2H3;2*4H,1-3H3;2*3-4H2,1-2H3;3H2,1-2H3;1-2H3/i2D2;;;5D2;;;;;;4D;;3D2;;;. The Morgan fingerprint density at radius 3 is 0.753 bits per heavy atom. The van der Waals surface area contributed by atoms with Gasteiger partial charge >= 0.3 is 12.4 Å². The molecule has 0 amide bonds.